The number of methoxy groups -OCH3 is 1. The highest BCUT2D eigenvalue weighted by atomic mass is 35.5. The van der Waals surface area contributed by atoms with Gasteiger partial charge in [0.15, 0.2) is 0 Å². The molecule has 0 radical (unpaired) electrons. The normalized spacial score (nSPS) is 46.4. The van der Waals surface area contributed by atoms with Crippen LogP contribution >= 0.6 is 11.6 Å². The van der Waals surface area contributed by atoms with Gasteiger partial charge in [-0.25, -0.2) is 4.79 Å². The number of carbonyl (C=O) groups excluding carboxylic acids is 1. The third-order valence-corrected chi connectivity index (χ3v) is 3.86. The molecule has 0 N–H and O–H groups in total. The molecule has 1 heterocycles. The van der Waals surface area contributed by atoms with E-state index in [1.165, 1.54) is 13.5 Å². The number of halogens is 1. The van der Waals surface area contributed by atoms with Crippen LogP contribution in [0.4, 0.5) is 0 Å². The molecule has 0 bridgehead atoms. The van der Waals surface area contributed by atoms with E-state index in [9.17, 15) is 4.79 Å². The molecule has 0 amide bonds. The van der Waals surface area contributed by atoms with E-state index < -0.39 is 16.6 Å². The molecule has 1 aliphatic heterocycles. The number of alkyl halides is 1. The molecule has 0 aromatic heterocycles. The Hall–Kier alpha value is -0.280. The second-order valence-electron chi connectivity index (χ2n) is 4.38. The van der Waals surface area contributed by atoms with Gasteiger partial charge in [0.2, 0.25) is 0 Å². The molecule has 3 atom stereocenters. The van der Waals surface area contributed by atoms with Gasteiger partial charge in [0.05, 0.1) is 7.11 Å². The van der Waals surface area contributed by atoms with E-state index in [4.69, 9.17) is 16.3 Å². The lowest BCUT2D eigenvalue weighted by Crippen LogP contribution is -2.34. The van der Waals surface area contributed by atoms with Gasteiger partial charge in [-0.1, -0.05) is 31.4 Å². The fourth-order valence-corrected chi connectivity index (χ4v) is 2.89. The number of esters is 1. The van der Waals surface area contributed by atoms with Crippen molar-refractivity contribution >= 4 is 17.6 Å². The standard InChI is InChI=1S/C10H15ClO3/c1-7-4-3-5-9(6-7)10(11,14-9)8(12)13-2/h7H,3-6H2,1-2H3. The van der Waals surface area contributed by atoms with Crippen LogP contribution in [0.15, 0.2) is 0 Å². The van der Waals surface area contributed by atoms with E-state index in [1.807, 2.05) is 0 Å². The molecular weight excluding hydrogens is 204 g/mol. The zero-order chi connectivity index (χ0) is 10.4. The maximum atomic E-state index is 11.4. The Kier molecular flexibility index (Phi) is 2.27. The van der Waals surface area contributed by atoms with Gasteiger partial charge >= 0.3 is 5.97 Å². The van der Waals surface area contributed by atoms with Gasteiger partial charge in [0, 0.05) is 0 Å². The van der Waals surface area contributed by atoms with Crippen LogP contribution in [0.3, 0.4) is 0 Å². The third kappa shape index (κ3) is 1.26. The molecule has 14 heavy (non-hydrogen) atoms. The van der Waals surface area contributed by atoms with Crippen molar-refractivity contribution in [1.82, 2.24) is 0 Å². The van der Waals surface area contributed by atoms with E-state index in [0.29, 0.717) is 5.92 Å². The molecule has 3 unspecified atom stereocenters. The van der Waals surface area contributed by atoms with Crippen molar-refractivity contribution in [1.29, 1.82) is 0 Å². The zero-order valence-electron chi connectivity index (χ0n) is 8.51. The van der Waals surface area contributed by atoms with E-state index in [2.05, 4.69) is 11.7 Å². The summed E-state index contributed by atoms with van der Waals surface area (Å²) in [4.78, 5) is 11.4. The second-order valence-corrected chi connectivity index (χ2v) is 4.92. The monoisotopic (exact) mass is 218 g/mol. The Bertz CT molecular complexity index is 268. The minimum Gasteiger partial charge on any atom is -0.466 e. The van der Waals surface area contributed by atoms with Crippen LogP contribution in [-0.2, 0) is 14.3 Å². The lowest BCUT2D eigenvalue weighted by atomic mass is 9.80. The maximum Gasteiger partial charge on any atom is 0.357 e. The Morgan fingerprint density at radius 1 is 1.64 bits per heavy atom. The van der Waals surface area contributed by atoms with Crippen LogP contribution in [0.25, 0.3) is 0 Å². The van der Waals surface area contributed by atoms with Crippen LogP contribution in [-0.4, -0.2) is 23.7 Å². The first kappa shape index (κ1) is 10.2. The van der Waals surface area contributed by atoms with Crippen LogP contribution in [0.1, 0.15) is 32.6 Å². The van der Waals surface area contributed by atoms with Crippen molar-refractivity contribution in [2.75, 3.05) is 7.11 Å². The lowest BCUT2D eigenvalue weighted by molar-refractivity contribution is -0.143. The van der Waals surface area contributed by atoms with Gasteiger partial charge in [0.1, 0.15) is 5.60 Å². The lowest BCUT2D eigenvalue weighted by Gasteiger charge is -2.24. The van der Waals surface area contributed by atoms with Crippen LogP contribution < -0.4 is 0 Å². The fraction of sp³-hybridized carbons (Fsp3) is 0.900. The highest BCUT2D eigenvalue weighted by Crippen LogP contribution is 2.60. The molecule has 2 fully saturated rings. The predicted octanol–water partition coefficient (Wildman–Crippen LogP) is 2.07. The van der Waals surface area contributed by atoms with Gasteiger partial charge in [0.25, 0.3) is 5.06 Å². The van der Waals surface area contributed by atoms with Gasteiger partial charge < -0.3 is 9.47 Å². The first-order chi connectivity index (χ1) is 6.54. The molecule has 1 spiro atoms. The smallest absolute Gasteiger partial charge is 0.357 e. The number of hydrogen-bond acceptors (Lipinski definition) is 3. The molecule has 0 aromatic rings. The van der Waals surface area contributed by atoms with Crippen molar-refractivity contribution in [3.8, 4) is 0 Å². The number of rotatable bonds is 1. The summed E-state index contributed by atoms with van der Waals surface area (Å²) < 4.78 is 10.1. The SMILES string of the molecule is COC(=O)C1(Cl)OC12CCCC(C)C2. The highest BCUT2D eigenvalue weighted by molar-refractivity contribution is 6.36. The number of hydrogen-bond donors (Lipinski definition) is 0. The van der Waals surface area contributed by atoms with Crippen molar-refractivity contribution in [2.45, 2.75) is 43.3 Å². The summed E-state index contributed by atoms with van der Waals surface area (Å²) in [7, 11) is 1.34. The third-order valence-electron chi connectivity index (χ3n) is 3.28. The first-order valence-electron chi connectivity index (χ1n) is 5.01. The van der Waals surface area contributed by atoms with Crippen molar-refractivity contribution in [2.24, 2.45) is 5.92 Å². The number of ether oxygens (including phenoxy) is 2. The van der Waals surface area contributed by atoms with Crippen molar-refractivity contribution in [3.63, 3.8) is 0 Å². The Labute approximate surface area is 88.7 Å². The molecule has 2 aliphatic rings. The summed E-state index contributed by atoms with van der Waals surface area (Å²) in [6.45, 7) is 2.16. The summed E-state index contributed by atoms with van der Waals surface area (Å²) in [5.74, 6) is 0.127. The van der Waals surface area contributed by atoms with E-state index >= 15 is 0 Å². The summed E-state index contributed by atoms with van der Waals surface area (Å²) in [5, 5.41) is -1.18. The predicted molar refractivity (Wildman–Crippen MR) is 52.0 cm³/mol. The summed E-state index contributed by atoms with van der Waals surface area (Å²) in [5.41, 5.74) is -0.431. The molecule has 80 valence electrons. The first-order valence-corrected chi connectivity index (χ1v) is 5.39. The van der Waals surface area contributed by atoms with E-state index in [-0.39, 0.29) is 0 Å². The Balaban J connectivity index is 2.10. The van der Waals surface area contributed by atoms with Crippen LogP contribution in [0.5, 0.6) is 0 Å². The average molecular weight is 219 g/mol. The van der Waals surface area contributed by atoms with Crippen LogP contribution in [0.2, 0.25) is 0 Å². The van der Waals surface area contributed by atoms with E-state index in [1.54, 1.807) is 0 Å². The Morgan fingerprint density at radius 2 is 2.36 bits per heavy atom. The zero-order valence-corrected chi connectivity index (χ0v) is 9.26. The fourth-order valence-electron chi connectivity index (χ4n) is 2.49. The summed E-state index contributed by atoms with van der Waals surface area (Å²) in [6, 6.07) is 0. The second kappa shape index (κ2) is 3.11. The average Bonchev–Trinajstić information content (AvgIpc) is 2.70. The quantitative estimate of drug-likeness (QED) is 0.384. The number of carbonyl (C=O) groups is 1. The molecular formula is C10H15ClO3. The van der Waals surface area contributed by atoms with Gasteiger partial charge in [-0.3, -0.25) is 0 Å². The molecule has 3 nitrogen and oxygen atoms in total. The summed E-state index contributed by atoms with van der Waals surface area (Å²) >= 11 is 6.10. The van der Waals surface area contributed by atoms with Gasteiger partial charge in [-0.2, -0.15) is 0 Å². The minimum atomic E-state index is -1.18. The van der Waals surface area contributed by atoms with Crippen molar-refractivity contribution < 1.29 is 14.3 Å². The molecule has 0 aromatic carbocycles. The Morgan fingerprint density at radius 3 is 2.93 bits per heavy atom. The molecule has 4 heteroatoms. The minimum absolute atomic E-state index is 0.431. The highest BCUT2D eigenvalue weighted by Gasteiger charge is 2.75. The molecule has 1 saturated carbocycles. The molecule has 1 saturated heterocycles. The topological polar surface area (TPSA) is 38.8 Å². The molecule has 2 rings (SSSR count). The van der Waals surface area contributed by atoms with Crippen LogP contribution in [0, 0.1) is 5.92 Å². The largest absolute Gasteiger partial charge is 0.466 e. The summed E-state index contributed by atoms with van der Waals surface area (Å²) in [6.07, 6.45) is 4.01. The van der Waals surface area contributed by atoms with E-state index in [0.717, 1.165) is 19.3 Å². The van der Waals surface area contributed by atoms with Gasteiger partial charge in [-0.15, -0.1) is 0 Å². The van der Waals surface area contributed by atoms with Crippen molar-refractivity contribution in [3.05, 3.63) is 0 Å². The van der Waals surface area contributed by atoms with Gasteiger partial charge in [-0.05, 0) is 18.8 Å². The number of epoxide rings is 1. The molecule has 1 aliphatic carbocycles. The maximum absolute atomic E-state index is 11.4.